The van der Waals surface area contributed by atoms with Crippen molar-refractivity contribution in [2.24, 2.45) is 5.92 Å². The molecule has 7 heteroatoms. The van der Waals surface area contributed by atoms with Crippen molar-refractivity contribution < 1.29 is 4.79 Å². The minimum atomic E-state index is 0.0455. The van der Waals surface area contributed by atoms with Gasteiger partial charge in [0.2, 0.25) is 5.91 Å². The summed E-state index contributed by atoms with van der Waals surface area (Å²) in [5.41, 5.74) is 1.73. The molecule has 7 nitrogen and oxygen atoms in total. The van der Waals surface area contributed by atoms with Gasteiger partial charge in [0.1, 0.15) is 0 Å². The van der Waals surface area contributed by atoms with Gasteiger partial charge in [-0.1, -0.05) is 12.1 Å². The maximum atomic E-state index is 12.4. The van der Waals surface area contributed by atoms with Gasteiger partial charge in [-0.2, -0.15) is 0 Å². The predicted molar refractivity (Wildman–Crippen MR) is 85.7 cm³/mol. The van der Waals surface area contributed by atoms with Crippen molar-refractivity contribution in [1.82, 2.24) is 25.5 Å². The Bertz CT molecular complexity index is 702. The third-order valence-corrected chi connectivity index (χ3v) is 4.44. The molecule has 1 aromatic carbocycles. The molecule has 2 heterocycles. The summed E-state index contributed by atoms with van der Waals surface area (Å²) in [5.74, 6) is 0.892. The summed E-state index contributed by atoms with van der Waals surface area (Å²) in [7, 11) is 0. The van der Waals surface area contributed by atoms with Crippen LogP contribution in [0.25, 0.3) is 11.4 Å². The Balaban J connectivity index is 1.51. The minimum Gasteiger partial charge on any atom is -0.326 e. The fraction of sp³-hybridized carbons (Fsp3) is 0.500. The second kappa shape index (κ2) is 6.08. The second-order valence-corrected chi connectivity index (χ2v) is 6.29. The van der Waals surface area contributed by atoms with E-state index < -0.39 is 0 Å². The number of benzene rings is 1. The van der Waals surface area contributed by atoms with Gasteiger partial charge in [0, 0.05) is 17.8 Å². The van der Waals surface area contributed by atoms with Crippen LogP contribution in [0, 0.1) is 5.92 Å². The molecule has 1 amide bonds. The molecule has 0 unspecified atom stereocenters. The SMILES string of the molecule is O=C(Nc1cccc(-c2nnnn2C2CC2)c1)[C@@H]1CCCNC1. The molecule has 1 aliphatic heterocycles. The van der Waals surface area contributed by atoms with E-state index in [4.69, 9.17) is 0 Å². The van der Waals surface area contributed by atoms with Crippen LogP contribution in [0.3, 0.4) is 0 Å². The number of piperidine rings is 1. The number of hydrogen-bond donors (Lipinski definition) is 2. The lowest BCUT2D eigenvalue weighted by Crippen LogP contribution is -2.37. The molecule has 2 aliphatic rings. The van der Waals surface area contributed by atoms with E-state index >= 15 is 0 Å². The lowest BCUT2D eigenvalue weighted by Gasteiger charge is -2.22. The van der Waals surface area contributed by atoms with Crippen LogP contribution in [0.15, 0.2) is 24.3 Å². The molecule has 0 radical (unpaired) electrons. The highest BCUT2D eigenvalue weighted by Gasteiger charge is 2.28. The quantitative estimate of drug-likeness (QED) is 0.896. The zero-order valence-corrected chi connectivity index (χ0v) is 12.9. The predicted octanol–water partition coefficient (Wildman–Crippen LogP) is 1.61. The van der Waals surface area contributed by atoms with Crippen LogP contribution >= 0.6 is 0 Å². The Hall–Kier alpha value is -2.28. The number of aromatic nitrogens is 4. The van der Waals surface area contributed by atoms with Crippen molar-refractivity contribution in [3.05, 3.63) is 24.3 Å². The first-order valence-electron chi connectivity index (χ1n) is 8.21. The highest BCUT2D eigenvalue weighted by molar-refractivity contribution is 5.93. The first kappa shape index (κ1) is 14.3. The van der Waals surface area contributed by atoms with E-state index in [2.05, 4.69) is 26.2 Å². The summed E-state index contributed by atoms with van der Waals surface area (Å²) >= 11 is 0. The molecule has 1 saturated carbocycles. The average Bonchev–Trinajstić information content (AvgIpc) is 3.32. The van der Waals surface area contributed by atoms with E-state index in [0.717, 1.165) is 55.8 Å². The summed E-state index contributed by atoms with van der Waals surface area (Å²) in [6, 6.07) is 8.17. The fourth-order valence-electron chi connectivity index (χ4n) is 3.00. The summed E-state index contributed by atoms with van der Waals surface area (Å²) in [4.78, 5) is 12.4. The molecule has 2 N–H and O–H groups in total. The molecule has 23 heavy (non-hydrogen) atoms. The summed E-state index contributed by atoms with van der Waals surface area (Å²) in [6.45, 7) is 1.76. The van der Waals surface area contributed by atoms with Gasteiger partial charge >= 0.3 is 0 Å². The lowest BCUT2D eigenvalue weighted by atomic mass is 9.99. The van der Waals surface area contributed by atoms with Gasteiger partial charge in [-0.25, -0.2) is 4.68 Å². The summed E-state index contributed by atoms with van der Waals surface area (Å²) in [5, 5.41) is 18.3. The number of nitrogens with one attached hydrogen (secondary N) is 2. The van der Waals surface area contributed by atoms with Gasteiger partial charge in [-0.15, -0.1) is 5.10 Å². The van der Waals surface area contributed by atoms with E-state index in [9.17, 15) is 4.79 Å². The zero-order valence-electron chi connectivity index (χ0n) is 12.9. The summed E-state index contributed by atoms with van der Waals surface area (Å²) < 4.78 is 1.88. The number of carbonyl (C=O) groups excluding carboxylic acids is 1. The van der Waals surface area contributed by atoms with E-state index in [0.29, 0.717) is 6.04 Å². The highest BCUT2D eigenvalue weighted by atomic mass is 16.1. The fourth-order valence-corrected chi connectivity index (χ4v) is 3.00. The van der Waals surface area contributed by atoms with Crippen molar-refractivity contribution in [2.45, 2.75) is 31.7 Å². The molecule has 1 aliphatic carbocycles. The molecule has 0 spiro atoms. The van der Waals surface area contributed by atoms with Crippen LogP contribution in [-0.4, -0.2) is 39.2 Å². The molecule has 2 fully saturated rings. The van der Waals surface area contributed by atoms with Crippen LogP contribution < -0.4 is 10.6 Å². The van der Waals surface area contributed by atoms with Crippen molar-refractivity contribution in [3.8, 4) is 11.4 Å². The minimum absolute atomic E-state index is 0.0455. The first-order valence-corrected chi connectivity index (χ1v) is 8.21. The first-order chi connectivity index (χ1) is 11.3. The molecule has 0 bridgehead atoms. The molecule has 1 aromatic heterocycles. The van der Waals surface area contributed by atoms with Gasteiger partial charge in [0.25, 0.3) is 0 Å². The monoisotopic (exact) mass is 312 g/mol. The van der Waals surface area contributed by atoms with E-state index in [1.165, 1.54) is 0 Å². The average molecular weight is 312 g/mol. The van der Waals surface area contributed by atoms with Crippen LogP contribution in [0.2, 0.25) is 0 Å². The number of carbonyl (C=O) groups is 1. The summed E-state index contributed by atoms with van der Waals surface area (Å²) in [6.07, 6.45) is 4.25. The lowest BCUT2D eigenvalue weighted by molar-refractivity contribution is -0.120. The van der Waals surface area contributed by atoms with Crippen molar-refractivity contribution in [1.29, 1.82) is 0 Å². The van der Waals surface area contributed by atoms with E-state index in [1.807, 2.05) is 28.9 Å². The Morgan fingerprint density at radius 1 is 1.30 bits per heavy atom. The third-order valence-electron chi connectivity index (χ3n) is 4.44. The van der Waals surface area contributed by atoms with Crippen LogP contribution in [0.5, 0.6) is 0 Å². The number of anilines is 1. The Kier molecular flexibility index (Phi) is 3.78. The normalized spacial score (nSPS) is 21.1. The van der Waals surface area contributed by atoms with E-state index in [1.54, 1.807) is 0 Å². The van der Waals surface area contributed by atoms with Crippen molar-refractivity contribution in [3.63, 3.8) is 0 Å². The Morgan fingerprint density at radius 2 is 2.22 bits per heavy atom. The molecular formula is C16H20N6O. The van der Waals surface area contributed by atoms with Gasteiger partial charge < -0.3 is 10.6 Å². The number of hydrogen-bond acceptors (Lipinski definition) is 5. The van der Waals surface area contributed by atoms with E-state index in [-0.39, 0.29) is 11.8 Å². The van der Waals surface area contributed by atoms with Crippen LogP contribution in [0.4, 0.5) is 5.69 Å². The molecule has 120 valence electrons. The van der Waals surface area contributed by atoms with Gasteiger partial charge in [-0.05, 0) is 54.8 Å². The third kappa shape index (κ3) is 3.10. The van der Waals surface area contributed by atoms with Gasteiger partial charge in [-0.3, -0.25) is 4.79 Å². The van der Waals surface area contributed by atoms with Crippen molar-refractivity contribution >= 4 is 11.6 Å². The number of tetrazole rings is 1. The molecular weight excluding hydrogens is 292 g/mol. The molecule has 4 rings (SSSR count). The van der Waals surface area contributed by atoms with Gasteiger partial charge in [0.15, 0.2) is 5.82 Å². The zero-order chi connectivity index (χ0) is 15.6. The van der Waals surface area contributed by atoms with Gasteiger partial charge in [0.05, 0.1) is 12.0 Å². The topological polar surface area (TPSA) is 84.7 Å². The Labute approximate surface area is 134 Å². The highest BCUT2D eigenvalue weighted by Crippen LogP contribution is 2.36. The van der Waals surface area contributed by atoms with Crippen molar-refractivity contribution in [2.75, 3.05) is 18.4 Å². The molecule has 1 atom stereocenters. The maximum Gasteiger partial charge on any atom is 0.228 e. The largest absolute Gasteiger partial charge is 0.326 e. The molecule has 2 aromatic rings. The van der Waals surface area contributed by atoms with Crippen LogP contribution in [0.1, 0.15) is 31.7 Å². The smallest absolute Gasteiger partial charge is 0.228 e. The Morgan fingerprint density at radius 3 is 3.00 bits per heavy atom. The maximum absolute atomic E-state index is 12.4. The van der Waals surface area contributed by atoms with Crippen LogP contribution in [-0.2, 0) is 4.79 Å². The number of nitrogens with zero attached hydrogens (tertiary/aromatic N) is 4. The second-order valence-electron chi connectivity index (χ2n) is 6.29. The number of amides is 1. The standard InChI is InChI=1S/C16H20N6O/c23-16(12-4-2-8-17-10-12)18-13-5-1-3-11(9-13)15-19-20-21-22(15)14-6-7-14/h1,3,5,9,12,14,17H,2,4,6-8,10H2,(H,18,23)/t12-/m1/s1. The number of rotatable bonds is 4. The molecule has 1 saturated heterocycles.